The molecule has 1 aromatic rings. The highest BCUT2D eigenvalue weighted by Crippen LogP contribution is 2.19. The summed E-state index contributed by atoms with van der Waals surface area (Å²) in [5.41, 5.74) is 0.116. The van der Waals surface area contributed by atoms with E-state index in [1.807, 2.05) is 12.1 Å². The van der Waals surface area contributed by atoms with E-state index in [-0.39, 0.29) is 12.6 Å². The second kappa shape index (κ2) is 6.92. The van der Waals surface area contributed by atoms with Gasteiger partial charge in [0.15, 0.2) is 0 Å². The first-order chi connectivity index (χ1) is 9.57. The molecule has 0 bridgehead atoms. The second-order valence-electron chi connectivity index (χ2n) is 5.00. The third kappa shape index (κ3) is 4.67. The Hall–Kier alpha value is -1.30. The number of nitrogens with one attached hydrogen (secondary N) is 2. The predicted molar refractivity (Wildman–Crippen MR) is 76.7 cm³/mol. The number of hydrogen-bond acceptors (Lipinski definition) is 3. The number of urea groups is 1. The van der Waals surface area contributed by atoms with Crippen LogP contribution in [0.15, 0.2) is 24.3 Å². The molecule has 0 spiro atoms. The van der Waals surface area contributed by atoms with Gasteiger partial charge in [0, 0.05) is 44.2 Å². The molecule has 0 aromatic heterocycles. The maximum Gasteiger partial charge on any atom is 0.315 e. The number of hydrogen-bond donors (Lipinski definition) is 3. The van der Waals surface area contributed by atoms with Crippen molar-refractivity contribution in [3.8, 4) is 0 Å². The van der Waals surface area contributed by atoms with E-state index in [9.17, 15) is 9.90 Å². The van der Waals surface area contributed by atoms with Crippen LogP contribution in [-0.4, -0.2) is 36.5 Å². The van der Waals surface area contributed by atoms with Gasteiger partial charge in [-0.25, -0.2) is 4.79 Å². The molecule has 1 fully saturated rings. The summed E-state index contributed by atoms with van der Waals surface area (Å²) in [6.07, 6.45) is 1.09. The zero-order valence-electron chi connectivity index (χ0n) is 11.2. The number of rotatable bonds is 4. The second-order valence-corrected chi connectivity index (χ2v) is 5.44. The lowest BCUT2D eigenvalue weighted by Crippen LogP contribution is -2.48. The topological polar surface area (TPSA) is 70.6 Å². The number of halogens is 1. The highest BCUT2D eigenvalue weighted by molar-refractivity contribution is 6.30. The van der Waals surface area contributed by atoms with Crippen molar-refractivity contribution in [1.82, 2.24) is 10.6 Å². The monoisotopic (exact) mass is 298 g/mol. The third-order valence-electron chi connectivity index (χ3n) is 3.37. The number of amides is 2. The lowest BCUT2D eigenvalue weighted by molar-refractivity contribution is -0.0600. The average Bonchev–Trinajstić information content (AvgIpc) is 2.45. The molecule has 0 atom stereocenters. The lowest BCUT2D eigenvalue weighted by atomic mass is 9.94. The van der Waals surface area contributed by atoms with Crippen molar-refractivity contribution in [2.75, 3.05) is 19.8 Å². The normalized spacial score (nSPS) is 17.5. The van der Waals surface area contributed by atoms with Gasteiger partial charge < -0.3 is 20.5 Å². The minimum atomic E-state index is -0.851. The molecule has 1 aromatic carbocycles. The largest absolute Gasteiger partial charge is 0.388 e. The first-order valence-corrected chi connectivity index (χ1v) is 7.01. The van der Waals surface area contributed by atoms with Gasteiger partial charge in [0.1, 0.15) is 0 Å². The van der Waals surface area contributed by atoms with E-state index in [1.54, 1.807) is 12.1 Å². The van der Waals surface area contributed by atoms with Gasteiger partial charge in [0.05, 0.1) is 5.60 Å². The van der Waals surface area contributed by atoms with Gasteiger partial charge in [-0.1, -0.05) is 23.7 Å². The molecule has 20 heavy (non-hydrogen) atoms. The van der Waals surface area contributed by atoms with E-state index >= 15 is 0 Å². The van der Waals surface area contributed by atoms with E-state index in [0.717, 1.165) is 5.56 Å². The SMILES string of the molecule is O=C(NCc1ccc(Cl)cc1)NCC1(O)CCOCC1. The maximum absolute atomic E-state index is 11.7. The summed E-state index contributed by atoms with van der Waals surface area (Å²) in [5, 5.41) is 16.3. The molecule has 1 saturated heterocycles. The summed E-state index contributed by atoms with van der Waals surface area (Å²) in [4.78, 5) is 11.7. The molecular formula is C14H19ClN2O3. The predicted octanol–water partition coefficient (Wildman–Crippen LogP) is 1.68. The van der Waals surface area contributed by atoms with Crippen molar-refractivity contribution in [3.63, 3.8) is 0 Å². The van der Waals surface area contributed by atoms with Crippen LogP contribution in [0.3, 0.4) is 0 Å². The van der Waals surface area contributed by atoms with Crippen molar-refractivity contribution < 1.29 is 14.6 Å². The molecule has 1 aliphatic heterocycles. The Kier molecular flexibility index (Phi) is 5.23. The molecule has 1 aliphatic rings. The van der Waals surface area contributed by atoms with E-state index in [4.69, 9.17) is 16.3 Å². The van der Waals surface area contributed by atoms with Gasteiger partial charge in [-0.2, -0.15) is 0 Å². The molecule has 0 saturated carbocycles. The first-order valence-electron chi connectivity index (χ1n) is 6.64. The van der Waals surface area contributed by atoms with Crippen molar-refractivity contribution in [3.05, 3.63) is 34.9 Å². The van der Waals surface area contributed by atoms with E-state index < -0.39 is 5.60 Å². The zero-order valence-corrected chi connectivity index (χ0v) is 11.9. The molecular weight excluding hydrogens is 280 g/mol. The van der Waals surface area contributed by atoms with Gasteiger partial charge in [-0.05, 0) is 17.7 Å². The van der Waals surface area contributed by atoms with Gasteiger partial charge in [0.2, 0.25) is 0 Å². The average molecular weight is 299 g/mol. The Morgan fingerprint density at radius 2 is 1.90 bits per heavy atom. The molecule has 6 heteroatoms. The van der Waals surface area contributed by atoms with Crippen LogP contribution < -0.4 is 10.6 Å². The summed E-state index contributed by atoms with van der Waals surface area (Å²) >= 11 is 5.79. The van der Waals surface area contributed by atoms with Crippen LogP contribution in [-0.2, 0) is 11.3 Å². The summed E-state index contributed by atoms with van der Waals surface area (Å²) in [7, 11) is 0. The zero-order chi connectivity index (χ0) is 14.4. The minimum absolute atomic E-state index is 0.239. The van der Waals surface area contributed by atoms with Crippen LogP contribution in [0.5, 0.6) is 0 Å². The fourth-order valence-electron chi connectivity index (χ4n) is 2.02. The van der Waals surface area contributed by atoms with E-state index in [1.165, 1.54) is 0 Å². The molecule has 3 N–H and O–H groups in total. The summed E-state index contributed by atoms with van der Waals surface area (Å²) in [6.45, 7) is 1.72. The van der Waals surface area contributed by atoms with Crippen molar-refractivity contribution >= 4 is 17.6 Å². The Bertz CT molecular complexity index is 444. The van der Waals surface area contributed by atoms with Crippen LogP contribution >= 0.6 is 11.6 Å². The maximum atomic E-state index is 11.7. The number of ether oxygens (including phenoxy) is 1. The summed E-state index contributed by atoms with van der Waals surface area (Å²) in [6, 6.07) is 6.98. The highest BCUT2D eigenvalue weighted by atomic mass is 35.5. The third-order valence-corrected chi connectivity index (χ3v) is 3.62. The molecule has 5 nitrogen and oxygen atoms in total. The Labute approximate surface area is 123 Å². The molecule has 110 valence electrons. The first kappa shape index (κ1) is 15.1. The molecule has 0 aliphatic carbocycles. The molecule has 0 radical (unpaired) electrons. The summed E-state index contributed by atoms with van der Waals surface area (Å²) < 4.78 is 5.19. The van der Waals surface area contributed by atoms with Crippen molar-refractivity contribution in [2.24, 2.45) is 0 Å². The van der Waals surface area contributed by atoms with Crippen LogP contribution in [0.25, 0.3) is 0 Å². The van der Waals surface area contributed by atoms with Gasteiger partial charge >= 0.3 is 6.03 Å². The molecule has 2 amide bonds. The number of carbonyl (C=O) groups is 1. The highest BCUT2D eigenvalue weighted by Gasteiger charge is 2.29. The fraction of sp³-hybridized carbons (Fsp3) is 0.500. The van der Waals surface area contributed by atoms with E-state index in [2.05, 4.69) is 10.6 Å². The molecule has 2 rings (SSSR count). The Morgan fingerprint density at radius 3 is 2.55 bits per heavy atom. The molecule has 0 unspecified atom stereocenters. The van der Waals surface area contributed by atoms with Gasteiger partial charge in [-0.3, -0.25) is 0 Å². The van der Waals surface area contributed by atoms with Gasteiger partial charge in [0.25, 0.3) is 0 Å². The summed E-state index contributed by atoms with van der Waals surface area (Å²) in [5.74, 6) is 0. The number of benzene rings is 1. The molecule has 1 heterocycles. The van der Waals surface area contributed by atoms with Crippen LogP contribution in [0, 0.1) is 0 Å². The Balaban J connectivity index is 1.71. The fourth-order valence-corrected chi connectivity index (χ4v) is 2.15. The quantitative estimate of drug-likeness (QED) is 0.792. The van der Waals surface area contributed by atoms with Crippen molar-refractivity contribution in [1.29, 1.82) is 0 Å². The van der Waals surface area contributed by atoms with Crippen LogP contribution in [0.4, 0.5) is 4.79 Å². The Morgan fingerprint density at radius 1 is 1.25 bits per heavy atom. The lowest BCUT2D eigenvalue weighted by Gasteiger charge is -2.32. The standard InChI is InChI=1S/C14H19ClN2O3/c15-12-3-1-11(2-4-12)9-16-13(18)17-10-14(19)5-7-20-8-6-14/h1-4,19H,5-10H2,(H2,16,17,18). The van der Waals surface area contributed by atoms with E-state index in [0.29, 0.717) is 37.6 Å². The number of aliphatic hydroxyl groups is 1. The number of carbonyl (C=O) groups excluding carboxylic acids is 1. The van der Waals surface area contributed by atoms with Crippen LogP contribution in [0.1, 0.15) is 18.4 Å². The minimum Gasteiger partial charge on any atom is -0.388 e. The van der Waals surface area contributed by atoms with Crippen molar-refractivity contribution in [2.45, 2.75) is 25.0 Å². The van der Waals surface area contributed by atoms with Crippen LogP contribution in [0.2, 0.25) is 5.02 Å². The van der Waals surface area contributed by atoms with Gasteiger partial charge in [-0.15, -0.1) is 0 Å². The smallest absolute Gasteiger partial charge is 0.315 e.